The fraction of sp³-hybridized carbons (Fsp3) is 0.500. The predicted molar refractivity (Wildman–Crippen MR) is 143 cm³/mol. The second kappa shape index (κ2) is 12.7. The van der Waals surface area contributed by atoms with E-state index in [1.807, 2.05) is 30.3 Å². The van der Waals surface area contributed by atoms with Crippen molar-refractivity contribution in [1.82, 2.24) is 25.1 Å². The van der Waals surface area contributed by atoms with Gasteiger partial charge in [-0.05, 0) is 32.8 Å². The molecule has 1 atom stereocenters. The van der Waals surface area contributed by atoms with Gasteiger partial charge in [0.1, 0.15) is 11.7 Å². The summed E-state index contributed by atoms with van der Waals surface area (Å²) in [5.74, 6) is -0.445. The molecule has 1 saturated heterocycles. The van der Waals surface area contributed by atoms with E-state index in [4.69, 9.17) is 9.05 Å². The topological polar surface area (TPSA) is 151 Å². The third-order valence-corrected chi connectivity index (χ3v) is 8.64. The number of amides is 3. The third kappa shape index (κ3) is 7.40. The predicted octanol–water partition coefficient (Wildman–Crippen LogP) is 3.21. The van der Waals surface area contributed by atoms with Crippen molar-refractivity contribution in [3.63, 3.8) is 0 Å². The Morgan fingerprint density at radius 2 is 1.64 bits per heavy atom. The van der Waals surface area contributed by atoms with Crippen molar-refractivity contribution < 1.29 is 33.1 Å². The van der Waals surface area contributed by atoms with Gasteiger partial charge < -0.3 is 29.3 Å². The summed E-state index contributed by atoms with van der Waals surface area (Å²) in [6.45, 7) is 4.07. The summed E-state index contributed by atoms with van der Waals surface area (Å²) >= 11 is 0. The molecule has 1 aliphatic heterocycles. The van der Waals surface area contributed by atoms with E-state index >= 15 is 0 Å². The van der Waals surface area contributed by atoms with E-state index in [2.05, 4.69) is 15.3 Å². The second-order valence-electron chi connectivity index (χ2n) is 9.39. The normalized spacial score (nSPS) is 16.6. The molecule has 1 aromatic heterocycles. The van der Waals surface area contributed by atoms with Gasteiger partial charge in [0.05, 0.1) is 19.4 Å². The minimum Gasteiger partial charge on any atom is -0.465 e. The number of benzene rings is 1. The number of piperazine rings is 1. The Morgan fingerprint density at radius 3 is 2.21 bits per heavy atom. The minimum absolute atomic E-state index is 0.0977. The van der Waals surface area contributed by atoms with Crippen LogP contribution in [0.15, 0.2) is 36.4 Å². The molecule has 0 radical (unpaired) electrons. The summed E-state index contributed by atoms with van der Waals surface area (Å²) in [6.07, 6.45) is 0.516. The lowest BCUT2D eigenvalue weighted by Crippen LogP contribution is -2.56. The maximum absolute atomic E-state index is 13.6. The Labute approximate surface area is 227 Å². The molecule has 3 amide bonds. The molecular weight excluding hydrogens is 525 g/mol. The van der Waals surface area contributed by atoms with Crippen LogP contribution in [-0.2, 0) is 18.4 Å². The first kappa shape index (κ1) is 28.7. The van der Waals surface area contributed by atoms with Crippen molar-refractivity contribution in [2.24, 2.45) is 0 Å². The van der Waals surface area contributed by atoms with Crippen molar-refractivity contribution >= 4 is 25.5 Å². The van der Waals surface area contributed by atoms with Crippen LogP contribution in [0.4, 0.5) is 4.79 Å². The summed E-state index contributed by atoms with van der Waals surface area (Å²) in [5.41, 5.74) is 1.62. The van der Waals surface area contributed by atoms with Crippen LogP contribution in [0.25, 0.3) is 11.4 Å². The zero-order valence-corrected chi connectivity index (χ0v) is 23.0. The van der Waals surface area contributed by atoms with Crippen molar-refractivity contribution in [2.75, 3.05) is 45.6 Å². The van der Waals surface area contributed by atoms with Crippen molar-refractivity contribution in [1.29, 1.82) is 0 Å². The van der Waals surface area contributed by atoms with E-state index < -0.39 is 31.5 Å². The fourth-order valence-corrected chi connectivity index (χ4v) is 6.17. The maximum atomic E-state index is 13.6. The van der Waals surface area contributed by atoms with Gasteiger partial charge >= 0.3 is 13.7 Å². The number of hydrogen-bond donors (Lipinski definition) is 2. The van der Waals surface area contributed by atoms with Crippen LogP contribution in [0.2, 0.25) is 0 Å². The van der Waals surface area contributed by atoms with Crippen LogP contribution >= 0.6 is 7.60 Å². The van der Waals surface area contributed by atoms with Crippen LogP contribution in [-0.4, -0.2) is 94.4 Å². The molecular formula is C26H34N5O7P. The molecule has 210 valence electrons. The quantitative estimate of drug-likeness (QED) is 0.396. The zero-order valence-electron chi connectivity index (χ0n) is 22.1. The summed E-state index contributed by atoms with van der Waals surface area (Å²) in [5, 5.41) is 12.0. The fourth-order valence-electron chi connectivity index (χ4n) is 4.40. The minimum atomic E-state index is -3.73. The number of nitrogens with one attached hydrogen (secondary N) is 1. The number of rotatable bonds is 11. The second-order valence-corrected chi connectivity index (χ2v) is 11.5. The molecule has 1 aliphatic carbocycles. The third-order valence-electron chi connectivity index (χ3n) is 6.53. The number of carbonyl (C=O) groups is 3. The van der Waals surface area contributed by atoms with Gasteiger partial charge in [-0.3, -0.25) is 14.2 Å². The number of carbonyl (C=O) groups excluding carboxylic acids is 2. The van der Waals surface area contributed by atoms with Gasteiger partial charge in [0.25, 0.3) is 5.91 Å². The van der Waals surface area contributed by atoms with Gasteiger partial charge in [0, 0.05) is 43.4 Å². The van der Waals surface area contributed by atoms with E-state index in [9.17, 15) is 24.1 Å². The lowest BCUT2D eigenvalue weighted by Gasteiger charge is -2.35. The van der Waals surface area contributed by atoms with Gasteiger partial charge in [-0.15, -0.1) is 0 Å². The molecule has 0 bridgehead atoms. The van der Waals surface area contributed by atoms with Gasteiger partial charge in [0.15, 0.2) is 5.82 Å². The molecule has 2 fully saturated rings. The number of carboxylic acid groups (broad SMARTS) is 1. The van der Waals surface area contributed by atoms with Gasteiger partial charge in [0.2, 0.25) is 5.91 Å². The van der Waals surface area contributed by atoms with Crippen molar-refractivity contribution in [2.45, 2.75) is 38.6 Å². The molecule has 4 rings (SSSR count). The number of aromatic nitrogens is 2. The smallest absolute Gasteiger partial charge is 0.407 e. The molecule has 2 aromatic rings. The first-order valence-corrected chi connectivity index (χ1v) is 14.9. The zero-order chi connectivity index (χ0) is 28.0. The van der Waals surface area contributed by atoms with Crippen LogP contribution in [0, 0.1) is 0 Å². The molecule has 0 spiro atoms. The summed E-state index contributed by atoms with van der Waals surface area (Å²) in [7, 11) is -3.73. The Hall–Kier alpha value is -3.34. The molecule has 0 unspecified atom stereocenters. The molecule has 2 heterocycles. The summed E-state index contributed by atoms with van der Waals surface area (Å²) in [6, 6.07) is 9.71. The highest BCUT2D eigenvalue weighted by Crippen LogP contribution is 2.48. The maximum Gasteiger partial charge on any atom is 0.407 e. The van der Waals surface area contributed by atoms with Crippen molar-refractivity contribution in [3.05, 3.63) is 47.8 Å². The summed E-state index contributed by atoms with van der Waals surface area (Å²) in [4.78, 5) is 50.2. The highest BCUT2D eigenvalue weighted by molar-refractivity contribution is 7.54. The first-order chi connectivity index (χ1) is 18.7. The Bertz CT molecular complexity index is 1220. The SMILES string of the molecule is CCOP(=O)(C[C@H](NC(=O)c1cc(C2CC2)nc(-c2ccccc2)n1)C(=O)N1CCN(C(=O)O)CC1)OCC. The Kier molecular flexibility index (Phi) is 9.32. The van der Waals surface area contributed by atoms with Crippen molar-refractivity contribution in [3.8, 4) is 11.4 Å². The molecule has 12 nitrogen and oxygen atoms in total. The van der Waals surface area contributed by atoms with Crippen LogP contribution in [0.1, 0.15) is 48.8 Å². The molecule has 1 saturated carbocycles. The molecule has 1 aromatic carbocycles. The lowest BCUT2D eigenvalue weighted by molar-refractivity contribution is -0.134. The van der Waals surface area contributed by atoms with Gasteiger partial charge in [-0.1, -0.05) is 30.3 Å². The largest absolute Gasteiger partial charge is 0.465 e. The van der Waals surface area contributed by atoms with E-state index in [1.54, 1.807) is 19.9 Å². The lowest BCUT2D eigenvalue weighted by atomic mass is 10.1. The van der Waals surface area contributed by atoms with Crippen LogP contribution in [0.3, 0.4) is 0 Å². The average molecular weight is 560 g/mol. The van der Waals surface area contributed by atoms with E-state index in [-0.39, 0.29) is 57.2 Å². The summed E-state index contributed by atoms with van der Waals surface area (Å²) < 4.78 is 24.2. The number of hydrogen-bond acceptors (Lipinski definition) is 8. The Balaban J connectivity index is 1.60. The highest BCUT2D eigenvalue weighted by Gasteiger charge is 2.37. The first-order valence-electron chi connectivity index (χ1n) is 13.1. The molecule has 39 heavy (non-hydrogen) atoms. The van der Waals surface area contributed by atoms with Gasteiger partial charge in [-0.25, -0.2) is 14.8 Å². The van der Waals surface area contributed by atoms with Gasteiger partial charge in [-0.2, -0.15) is 0 Å². The standard InChI is InChI=1S/C26H34N5O7P/c1-3-37-39(36,38-4-2)17-22(25(33)30-12-14-31(15-13-30)26(34)35)29-24(32)21-16-20(18-10-11-18)27-23(28-21)19-8-6-5-7-9-19/h5-9,16,18,22H,3-4,10-15,17H2,1-2H3,(H,29,32)(H,34,35)/t22-/m0/s1. The monoisotopic (exact) mass is 559 g/mol. The molecule has 2 N–H and O–H groups in total. The Morgan fingerprint density at radius 1 is 1.03 bits per heavy atom. The van der Waals surface area contributed by atoms with E-state index in [0.717, 1.165) is 24.1 Å². The highest BCUT2D eigenvalue weighted by atomic mass is 31.2. The molecule has 2 aliphatic rings. The number of nitrogens with zero attached hydrogens (tertiary/aromatic N) is 4. The van der Waals surface area contributed by atoms with E-state index in [0.29, 0.717) is 5.82 Å². The van der Waals surface area contributed by atoms with Crippen LogP contribution < -0.4 is 5.32 Å². The van der Waals surface area contributed by atoms with Crippen LogP contribution in [0.5, 0.6) is 0 Å². The molecule has 13 heteroatoms. The van der Waals surface area contributed by atoms with E-state index in [1.165, 1.54) is 9.80 Å². The average Bonchev–Trinajstić information content (AvgIpc) is 3.78.